The quantitative estimate of drug-likeness (QED) is 0.238. The minimum Gasteiger partial charge on any atom is -0.478 e. The van der Waals surface area contributed by atoms with Gasteiger partial charge in [-0.05, 0) is 53.8 Å². The van der Waals surface area contributed by atoms with Gasteiger partial charge in [0.15, 0.2) is 0 Å². The van der Waals surface area contributed by atoms with Crippen molar-refractivity contribution in [3.8, 4) is 17.2 Å². The van der Waals surface area contributed by atoms with E-state index in [0.29, 0.717) is 11.1 Å². The van der Waals surface area contributed by atoms with E-state index >= 15 is 0 Å². The number of rotatable bonds is 10. The first-order valence-electron chi connectivity index (χ1n) is 12.2. The Morgan fingerprint density at radius 1 is 0.824 bits per heavy atom. The topological polar surface area (TPSA) is 61.1 Å². The fourth-order valence-electron chi connectivity index (χ4n) is 3.64. The molecule has 0 saturated carbocycles. The van der Waals surface area contributed by atoms with Crippen LogP contribution in [-0.2, 0) is 6.42 Å². The van der Waals surface area contributed by atoms with Crippen molar-refractivity contribution in [1.29, 1.82) is 5.26 Å². The van der Waals surface area contributed by atoms with E-state index in [1.165, 1.54) is 48.9 Å². The van der Waals surface area contributed by atoms with Crippen LogP contribution in [0.5, 0.6) is 0 Å². The third kappa shape index (κ3) is 9.76. The fraction of sp³-hybridized carbons (Fsp3) is 0.333. The van der Waals surface area contributed by atoms with Gasteiger partial charge in [0.25, 0.3) is 0 Å². The molecule has 0 atom stereocenters. The zero-order valence-electron chi connectivity index (χ0n) is 20.8. The monoisotopic (exact) mass is 471 g/mol. The molecule has 0 bridgehead atoms. The Morgan fingerprint density at radius 3 is 1.97 bits per heavy atom. The second-order valence-corrected chi connectivity index (χ2v) is 15.0. The number of aromatic carboxylic acids is 1. The van der Waals surface area contributed by atoms with Crippen LogP contribution >= 0.6 is 0 Å². The third-order valence-electron chi connectivity index (χ3n) is 6.35. The van der Waals surface area contributed by atoms with E-state index in [1.54, 1.807) is 12.1 Å². The first kappa shape index (κ1) is 27.1. The average molecular weight is 472 g/mol. The molecule has 3 aromatic rings. The molecule has 4 heteroatoms. The van der Waals surface area contributed by atoms with Crippen molar-refractivity contribution in [3.05, 3.63) is 95.6 Å². The number of carboxylic acids is 1. The normalized spacial score (nSPS) is 10.6. The molecule has 0 aliphatic heterocycles. The van der Waals surface area contributed by atoms with Gasteiger partial charge in [-0.15, -0.1) is 0 Å². The van der Waals surface area contributed by atoms with Gasteiger partial charge in [-0.3, -0.25) is 0 Å². The first-order chi connectivity index (χ1) is 16.3. The van der Waals surface area contributed by atoms with E-state index in [9.17, 15) is 4.79 Å². The molecular formula is C30H37NO2Si. The minimum absolute atomic E-state index is 0.375. The highest BCUT2D eigenvalue weighted by Crippen LogP contribution is 2.20. The summed E-state index contributed by atoms with van der Waals surface area (Å²) in [6.07, 6.45) is 6.28. The molecular weight excluding hydrogens is 434 g/mol. The van der Waals surface area contributed by atoms with Crippen LogP contribution in [0.25, 0.3) is 11.1 Å². The van der Waals surface area contributed by atoms with E-state index in [0.717, 1.165) is 12.0 Å². The molecule has 0 amide bonds. The Hall–Kier alpha value is -3.16. The molecule has 3 aromatic carbocycles. The van der Waals surface area contributed by atoms with Gasteiger partial charge in [0.1, 0.15) is 0 Å². The van der Waals surface area contributed by atoms with Gasteiger partial charge >= 0.3 is 5.97 Å². The van der Waals surface area contributed by atoms with Gasteiger partial charge in [0, 0.05) is 8.07 Å². The molecule has 0 unspecified atom stereocenters. The summed E-state index contributed by atoms with van der Waals surface area (Å²) in [6.45, 7) is 7.29. The molecule has 0 radical (unpaired) electrons. The number of hydrogen-bond acceptors (Lipinski definition) is 2. The maximum absolute atomic E-state index is 10.8. The smallest absolute Gasteiger partial charge is 0.335 e. The zero-order valence-corrected chi connectivity index (χ0v) is 21.8. The lowest BCUT2D eigenvalue weighted by molar-refractivity contribution is 0.0697. The molecule has 0 heterocycles. The van der Waals surface area contributed by atoms with Crippen molar-refractivity contribution < 1.29 is 9.90 Å². The van der Waals surface area contributed by atoms with Gasteiger partial charge in [0.2, 0.25) is 0 Å². The van der Waals surface area contributed by atoms with Crippen molar-refractivity contribution in [2.75, 3.05) is 0 Å². The number of carboxylic acid groups (broad SMARTS) is 1. The molecule has 1 N–H and O–H groups in total. The summed E-state index contributed by atoms with van der Waals surface area (Å²) in [7, 11) is -0.874. The SMILES string of the molecule is CC[Si](C)(C)CCCCCCc1ccc(C(=O)O)cc1.N#Cc1ccc(-c2ccccc2)cc1. The number of nitriles is 1. The Kier molecular flexibility index (Phi) is 11.3. The van der Waals surface area contributed by atoms with Gasteiger partial charge < -0.3 is 5.11 Å². The summed E-state index contributed by atoms with van der Waals surface area (Å²) in [5, 5.41) is 17.5. The highest BCUT2D eigenvalue weighted by molar-refractivity contribution is 6.77. The summed E-state index contributed by atoms with van der Waals surface area (Å²) in [6, 6.07) is 30.0. The highest BCUT2D eigenvalue weighted by atomic mass is 28.3. The lowest BCUT2D eigenvalue weighted by Gasteiger charge is -2.19. The summed E-state index contributed by atoms with van der Waals surface area (Å²) in [5.41, 5.74) is 4.64. The van der Waals surface area contributed by atoms with Crippen LogP contribution in [0, 0.1) is 11.3 Å². The van der Waals surface area contributed by atoms with Crippen LogP contribution in [0.1, 0.15) is 54.1 Å². The van der Waals surface area contributed by atoms with Crippen LogP contribution in [-0.4, -0.2) is 19.1 Å². The van der Waals surface area contributed by atoms with Crippen molar-refractivity contribution in [3.63, 3.8) is 0 Å². The van der Waals surface area contributed by atoms with Crippen LogP contribution < -0.4 is 0 Å². The molecule has 0 fully saturated rings. The van der Waals surface area contributed by atoms with E-state index in [2.05, 4.69) is 38.2 Å². The third-order valence-corrected chi connectivity index (χ3v) is 9.97. The lowest BCUT2D eigenvalue weighted by Crippen LogP contribution is -2.22. The summed E-state index contributed by atoms with van der Waals surface area (Å²) in [5.74, 6) is -0.848. The van der Waals surface area contributed by atoms with Gasteiger partial charge in [-0.2, -0.15) is 5.26 Å². The molecule has 3 rings (SSSR count). The van der Waals surface area contributed by atoms with Crippen LogP contribution in [0.4, 0.5) is 0 Å². The van der Waals surface area contributed by atoms with Crippen molar-refractivity contribution in [2.24, 2.45) is 0 Å². The van der Waals surface area contributed by atoms with Gasteiger partial charge in [-0.1, -0.05) is 106 Å². The van der Waals surface area contributed by atoms with E-state index in [-0.39, 0.29) is 0 Å². The molecule has 3 nitrogen and oxygen atoms in total. The van der Waals surface area contributed by atoms with Crippen molar-refractivity contribution in [1.82, 2.24) is 0 Å². The second-order valence-electron chi connectivity index (χ2n) is 9.49. The fourth-order valence-corrected chi connectivity index (χ4v) is 5.21. The first-order valence-corrected chi connectivity index (χ1v) is 15.6. The Morgan fingerprint density at radius 2 is 1.41 bits per heavy atom. The van der Waals surface area contributed by atoms with E-state index in [4.69, 9.17) is 10.4 Å². The van der Waals surface area contributed by atoms with E-state index in [1.807, 2.05) is 54.6 Å². The Balaban J connectivity index is 0.000000254. The molecule has 0 aromatic heterocycles. The molecule has 34 heavy (non-hydrogen) atoms. The number of unbranched alkanes of at least 4 members (excludes halogenated alkanes) is 3. The van der Waals surface area contributed by atoms with Gasteiger partial charge in [-0.25, -0.2) is 4.79 Å². The van der Waals surface area contributed by atoms with E-state index < -0.39 is 14.0 Å². The summed E-state index contributed by atoms with van der Waals surface area (Å²) in [4.78, 5) is 10.8. The second kappa shape index (κ2) is 14.2. The van der Waals surface area contributed by atoms with Crippen molar-refractivity contribution in [2.45, 2.75) is 64.2 Å². The number of nitrogens with zero attached hydrogens (tertiary/aromatic N) is 1. The highest BCUT2D eigenvalue weighted by Gasteiger charge is 2.16. The Labute approximate surface area is 206 Å². The molecule has 0 aliphatic carbocycles. The largest absolute Gasteiger partial charge is 0.478 e. The zero-order chi connectivity index (χ0) is 24.8. The van der Waals surface area contributed by atoms with Crippen LogP contribution in [0.3, 0.4) is 0 Å². The Bertz CT molecular complexity index is 1040. The van der Waals surface area contributed by atoms with Crippen LogP contribution in [0.15, 0.2) is 78.9 Å². The number of carbonyl (C=O) groups is 1. The summed E-state index contributed by atoms with van der Waals surface area (Å²) >= 11 is 0. The predicted octanol–water partition coefficient (Wildman–Crippen LogP) is 8.44. The summed E-state index contributed by atoms with van der Waals surface area (Å²) < 4.78 is 0. The number of hydrogen-bond donors (Lipinski definition) is 1. The lowest BCUT2D eigenvalue weighted by atomic mass is 10.0. The maximum Gasteiger partial charge on any atom is 0.335 e. The van der Waals surface area contributed by atoms with Crippen molar-refractivity contribution >= 4 is 14.0 Å². The average Bonchev–Trinajstić information content (AvgIpc) is 2.87. The number of aryl methyl sites for hydroxylation is 1. The number of benzene rings is 3. The standard InChI is InChI=1S/C17H28O2Si.C13H9N/c1-4-20(2,3)14-8-6-5-7-9-15-10-12-16(13-11-15)17(18)19;14-10-11-6-8-13(9-7-11)12-4-2-1-3-5-12/h10-13H,4-9,14H2,1-3H3,(H,18,19);1-9H. The predicted molar refractivity (Wildman–Crippen MR) is 145 cm³/mol. The molecule has 0 spiro atoms. The molecule has 178 valence electrons. The molecule has 0 aliphatic rings. The maximum atomic E-state index is 10.8. The molecule has 0 saturated heterocycles. The van der Waals surface area contributed by atoms with Crippen LogP contribution in [0.2, 0.25) is 25.2 Å². The van der Waals surface area contributed by atoms with Gasteiger partial charge in [0.05, 0.1) is 17.2 Å². The minimum atomic E-state index is -0.874.